The summed E-state index contributed by atoms with van der Waals surface area (Å²) in [7, 11) is 0. The first kappa shape index (κ1) is 11.3. The molecule has 0 unspecified atom stereocenters. The van der Waals surface area contributed by atoms with E-state index in [0.717, 1.165) is 34.2 Å². The third kappa shape index (κ3) is 2.01. The number of furan rings is 1. The Hall–Kier alpha value is -1.75. The van der Waals surface area contributed by atoms with Gasteiger partial charge in [-0.05, 0) is 30.3 Å². The van der Waals surface area contributed by atoms with E-state index in [1.54, 1.807) is 6.26 Å². The summed E-state index contributed by atoms with van der Waals surface area (Å²) < 4.78 is 8.33. The van der Waals surface area contributed by atoms with Crippen molar-refractivity contribution >= 4 is 32.9 Å². The van der Waals surface area contributed by atoms with Gasteiger partial charge in [-0.25, -0.2) is 4.98 Å². The molecule has 0 saturated carbocycles. The molecule has 0 saturated heterocycles. The van der Waals surface area contributed by atoms with Gasteiger partial charge in [0.05, 0.1) is 17.3 Å². The number of rotatable bonds is 3. The molecule has 0 fully saturated rings. The van der Waals surface area contributed by atoms with Crippen molar-refractivity contribution in [3.8, 4) is 0 Å². The molecule has 2 aromatic heterocycles. The number of aromatic nitrogens is 2. The normalized spacial score (nSPS) is 11.2. The zero-order chi connectivity index (χ0) is 12.5. The van der Waals surface area contributed by atoms with E-state index in [1.807, 2.05) is 34.9 Å². The maximum Gasteiger partial charge on any atom is 0.201 e. The van der Waals surface area contributed by atoms with Crippen LogP contribution in [-0.2, 0) is 13.0 Å². The van der Waals surface area contributed by atoms with Gasteiger partial charge in [0.25, 0.3) is 0 Å². The number of hydrogen-bond donors (Lipinski definition) is 1. The van der Waals surface area contributed by atoms with Crippen molar-refractivity contribution in [3.05, 3.63) is 46.8 Å². The van der Waals surface area contributed by atoms with Crippen molar-refractivity contribution in [2.75, 3.05) is 5.73 Å². The number of imidazole rings is 1. The molecule has 0 aliphatic heterocycles. The Morgan fingerprint density at radius 3 is 3.00 bits per heavy atom. The molecule has 2 N–H and O–H groups in total. The smallest absolute Gasteiger partial charge is 0.201 e. The molecule has 1 aromatic carbocycles. The number of benzene rings is 1. The standard InChI is InChI=1S/C13H12BrN3O/c14-9-3-4-12-11(8-9)16-13(15)17(12)6-5-10-2-1-7-18-10/h1-4,7-8H,5-6H2,(H2,15,16). The first-order valence-corrected chi connectivity index (χ1v) is 6.47. The average Bonchev–Trinajstić information content (AvgIpc) is 2.93. The minimum Gasteiger partial charge on any atom is -0.469 e. The highest BCUT2D eigenvalue weighted by Gasteiger charge is 2.08. The van der Waals surface area contributed by atoms with Crippen molar-refractivity contribution in [1.82, 2.24) is 9.55 Å². The van der Waals surface area contributed by atoms with Gasteiger partial charge in [-0.3, -0.25) is 0 Å². The number of nitrogens with two attached hydrogens (primary N) is 1. The number of aryl methyl sites for hydroxylation is 2. The molecule has 0 radical (unpaired) electrons. The monoisotopic (exact) mass is 305 g/mol. The van der Waals surface area contributed by atoms with Gasteiger partial charge in [0.2, 0.25) is 5.95 Å². The van der Waals surface area contributed by atoms with E-state index < -0.39 is 0 Å². The summed E-state index contributed by atoms with van der Waals surface area (Å²) >= 11 is 3.43. The number of nitrogens with zero attached hydrogens (tertiary/aromatic N) is 2. The van der Waals surface area contributed by atoms with E-state index in [-0.39, 0.29) is 0 Å². The van der Waals surface area contributed by atoms with Gasteiger partial charge in [-0.2, -0.15) is 0 Å². The van der Waals surface area contributed by atoms with Gasteiger partial charge in [-0.1, -0.05) is 15.9 Å². The van der Waals surface area contributed by atoms with E-state index >= 15 is 0 Å². The van der Waals surface area contributed by atoms with Crippen molar-refractivity contribution in [3.63, 3.8) is 0 Å². The lowest BCUT2D eigenvalue weighted by Gasteiger charge is -2.04. The molecule has 92 valence electrons. The highest BCUT2D eigenvalue weighted by Crippen LogP contribution is 2.22. The second kappa shape index (κ2) is 4.49. The summed E-state index contributed by atoms with van der Waals surface area (Å²) in [6, 6.07) is 9.83. The fourth-order valence-electron chi connectivity index (χ4n) is 2.03. The Bertz CT molecular complexity index is 673. The Morgan fingerprint density at radius 1 is 1.33 bits per heavy atom. The van der Waals surface area contributed by atoms with E-state index in [1.165, 1.54) is 0 Å². The largest absolute Gasteiger partial charge is 0.469 e. The van der Waals surface area contributed by atoms with Crippen LogP contribution in [-0.4, -0.2) is 9.55 Å². The van der Waals surface area contributed by atoms with Crippen LogP contribution in [0.4, 0.5) is 5.95 Å². The first-order valence-electron chi connectivity index (χ1n) is 5.68. The molecule has 3 rings (SSSR count). The highest BCUT2D eigenvalue weighted by molar-refractivity contribution is 9.10. The molecule has 18 heavy (non-hydrogen) atoms. The summed E-state index contributed by atoms with van der Waals surface area (Å²) in [6.07, 6.45) is 2.49. The number of halogens is 1. The van der Waals surface area contributed by atoms with Gasteiger partial charge in [0, 0.05) is 17.4 Å². The Kier molecular flexibility index (Phi) is 2.83. The second-order valence-corrected chi connectivity index (χ2v) is 5.00. The second-order valence-electron chi connectivity index (χ2n) is 4.08. The maximum absolute atomic E-state index is 5.95. The molecule has 5 heteroatoms. The number of anilines is 1. The Morgan fingerprint density at radius 2 is 2.22 bits per heavy atom. The number of nitrogen functional groups attached to an aromatic ring is 1. The van der Waals surface area contributed by atoms with Gasteiger partial charge in [0.1, 0.15) is 5.76 Å². The Labute approximate surface area is 113 Å². The van der Waals surface area contributed by atoms with E-state index in [9.17, 15) is 0 Å². The molecule has 0 aliphatic carbocycles. The van der Waals surface area contributed by atoms with Crippen LogP contribution in [0.25, 0.3) is 11.0 Å². The molecule has 0 spiro atoms. The van der Waals surface area contributed by atoms with Crippen LogP contribution in [0.3, 0.4) is 0 Å². The fourth-order valence-corrected chi connectivity index (χ4v) is 2.38. The molecular formula is C13H12BrN3O. The molecule has 0 atom stereocenters. The van der Waals surface area contributed by atoms with Crippen molar-refractivity contribution < 1.29 is 4.42 Å². The highest BCUT2D eigenvalue weighted by atomic mass is 79.9. The minimum atomic E-state index is 0.537. The summed E-state index contributed by atoms with van der Waals surface area (Å²) in [6.45, 7) is 0.761. The van der Waals surface area contributed by atoms with E-state index in [4.69, 9.17) is 10.2 Å². The average molecular weight is 306 g/mol. The number of hydrogen-bond acceptors (Lipinski definition) is 3. The summed E-state index contributed by atoms with van der Waals surface area (Å²) in [4.78, 5) is 4.35. The van der Waals surface area contributed by atoms with Crippen molar-refractivity contribution in [2.45, 2.75) is 13.0 Å². The molecule has 3 aromatic rings. The maximum atomic E-state index is 5.95. The lowest BCUT2D eigenvalue weighted by molar-refractivity contribution is 0.494. The van der Waals surface area contributed by atoms with Crippen LogP contribution >= 0.6 is 15.9 Å². The van der Waals surface area contributed by atoms with Crippen LogP contribution in [0.15, 0.2) is 45.5 Å². The predicted molar refractivity (Wildman–Crippen MR) is 74.3 cm³/mol. The molecular weight excluding hydrogens is 294 g/mol. The third-order valence-electron chi connectivity index (χ3n) is 2.90. The lowest BCUT2D eigenvalue weighted by atomic mass is 10.3. The van der Waals surface area contributed by atoms with Gasteiger partial charge in [-0.15, -0.1) is 0 Å². The summed E-state index contributed by atoms with van der Waals surface area (Å²) in [5.74, 6) is 1.49. The molecule has 0 aliphatic rings. The van der Waals surface area contributed by atoms with Crippen LogP contribution in [0.1, 0.15) is 5.76 Å². The summed E-state index contributed by atoms with van der Waals surface area (Å²) in [5, 5.41) is 0. The summed E-state index contributed by atoms with van der Waals surface area (Å²) in [5.41, 5.74) is 7.90. The van der Waals surface area contributed by atoms with E-state index in [2.05, 4.69) is 20.9 Å². The van der Waals surface area contributed by atoms with Crippen LogP contribution in [0.2, 0.25) is 0 Å². The van der Waals surface area contributed by atoms with Crippen molar-refractivity contribution in [2.24, 2.45) is 0 Å². The zero-order valence-electron chi connectivity index (χ0n) is 9.64. The lowest BCUT2D eigenvalue weighted by Crippen LogP contribution is -2.05. The quantitative estimate of drug-likeness (QED) is 0.808. The molecule has 4 nitrogen and oxygen atoms in total. The molecule has 0 bridgehead atoms. The molecule has 2 heterocycles. The van der Waals surface area contributed by atoms with Crippen LogP contribution in [0.5, 0.6) is 0 Å². The van der Waals surface area contributed by atoms with Crippen LogP contribution < -0.4 is 5.73 Å². The predicted octanol–water partition coefficient (Wildman–Crippen LogP) is 3.22. The SMILES string of the molecule is Nc1nc2cc(Br)ccc2n1CCc1ccco1. The third-order valence-corrected chi connectivity index (χ3v) is 3.39. The van der Waals surface area contributed by atoms with Gasteiger partial charge < -0.3 is 14.7 Å². The van der Waals surface area contributed by atoms with Crippen molar-refractivity contribution in [1.29, 1.82) is 0 Å². The zero-order valence-corrected chi connectivity index (χ0v) is 11.2. The topological polar surface area (TPSA) is 57.0 Å². The van der Waals surface area contributed by atoms with Gasteiger partial charge in [0.15, 0.2) is 0 Å². The van der Waals surface area contributed by atoms with Gasteiger partial charge >= 0.3 is 0 Å². The molecule has 0 amide bonds. The Balaban J connectivity index is 1.93. The van der Waals surface area contributed by atoms with Crippen LogP contribution in [0, 0.1) is 0 Å². The van der Waals surface area contributed by atoms with E-state index in [0.29, 0.717) is 5.95 Å². The minimum absolute atomic E-state index is 0.537. The first-order chi connectivity index (χ1) is 8.74. The fraction of sp³-hybridized carbons (Fsp3) is 0.154. The number of fused-ring (bicyclic) bond motifs is 1.